The molecule has 1 aromatic carbocycles. The Morgan fingerprint density at radius 1 is 1.26 bits per heavy atom. The number of allylic oxidation sites excluding steroid dienone is 2. The highest BCUT2D eigenvalue weighted by molar-refractivity contribution is 7.23. The number of thiophene rings is 1. The highest BCUT2D eigenvalue weighted by Gasteiger charge is 2.42. The summed E-state index contributed by atoms with van der Waals surface area (Å²) in [7, 11) is 0. The molecule has 3 heterocycles. The molecule has 27 heavy (non-hydrogen) atoms. The van der Waals surface area contributed by atoms with Crippen molar-refractivity contribution in [2.75, 3.05) is 11.1 Å². The number of aromatic nitrogens is 2. The Balaban J connectivity index is 1.79. The summed E-state index contributed by atoms with van der Waals surface area (Å²) in [6, 6.07) is 6.41. The molecule has 2 aromatic heterocycles. The lowest BCUT2D eigenvalue weighted by Gasteiger charge is -2.38. The summed E-state index contributed by atoms with van der Waals surface area (Å²) in [5, 5.41) is 11.6. The van der Waals surface area contributed by atoms with Gasteiger partial charge in [0.25, 0.3) is 0 Å². The molecule has 0 radical (unpaired) electrons. The number of H-pyrrole nitrogens is 1. The van der Waals surface area contributed by atoms with Crippen LogP contribution in [0, 0.1) is 11.2 Å². The minimum atomic E-state index is -0.292. The number of ketones is 1. The van der Waals surface area contributed by atoms with Gasteiger partial charge in [0.15, 0.2) is 11.6 Å². The van der Waals surface area contributed by atoms with Crippen LogP contribution in [0.25, 0.3) is 10.2 Å². The molecule has 5 rings (SSSR count). The van der Waals surface area contributed by atoms with Gasteiger partial charge < -0.3 is 11.1 Å². The van der Waals surface area contributed by atoms with Crippen LogP contribution >= 0.6 is 11.3 Å². The van der Waals surface area contributed by atoms with Crippen molar-refractivity contribution in [1.29, 1.82) is 0 Å². The number of nitrogens with two attached hydrogens (primary N) is 1. The molecule has 5 nitrogen and oxygen atoms in total. The fourth-order valence-electron chi connectivity index (χ4n) is 4.32. The van der Waals surface area contributed by atoms with Gasteiger partial charge in [-0.1, -0.05) is 26.0 Å². The van der Waals surface area contributed by atoms with Crippen LogP contribution in [0.2, 0.25) is 0 Å². The van der Waals surface area contributed by atoms with E-state index in [4.69, 9.17) is 5.73 Å². The first kappa shape index (κ1) is 16.5. The van der Waals surface area contributed by atoms with E-state index < -0.39 is 0 Å². The minimum absolute atomic E-state index is 0.0908. The number of carbonyl (C=O) groups excluding carboxylic acids is 1. The molecule has 1 aliphatic heterocycles. The number of benzene rings is 1. The third kappa shape index (κ3) is 2.41. The van der Waals surface area contributed by atoms with Crippen LogP contribution in [-0.2, 0) is 4.79 Å². The number of nitrogen functional groups attached to an aromatic ring is 1. The van der Waals surface area contributed by atoms with Crippen molar-refractivity contribution in [2.45, 2.75) is 32.6 Å². The van der Waals surface area contributed by atoms with E-state index >= 15 is 0 Å². The monoisotopic (exact) mass is 382 g/mol. The van der Waals surface area contributed by atoms with Crippen LogP contribution in [-0.4, -0.2) is 16.0 Å². The van der Waals surface area contributed by atoms with Crippen LogP contribution < -0.4 is 11.1 Å². The van der Waals surface area contributed by atoms with Gasteiger partial charge in [-0.3, -0.25) is 9.89 Å². The van der Waals surface area contributed by atoms with Gasteiger partial charge in [-0.2, -0.15) is 5.10 Å². The molecule has 0 fully saturated rings. The van der Waals surface area contributed by atoms with E-state index in [1.54, 1.807) is 23.5 Å². The first-order valence-electron chi connectivity index (χ1n) is 8.89. The lowest BCUT2D eigenvalue weighted by atomic mass is 9.69. The molecule has 0 bridgehead atoms. The maximum atomic E-state index is 13.5. The van der Waals surface area contributed by atoms with Gasteiger partial charge in [-0.25, -0.2) is 4.39 Å². The fraction of sp³-hybridized carbons (Fsp3) is 0.300. The number of halogens is 1. The molecule has 1 atom stereocenters. The summed E-state index contributed by atoms with van der Waals surface area (Å²) >= 11 is 1.54. The lowest BCUT2D eigenvalue weighted by molar-refractivity contribution is -0.118. The molecule has 1 aliphatic carbocycles. The molecule has 2 aliphatic rings. The van der Waals surface area contributed by atoms with E-state index in [1.807, 2.05) is 0 Å². The molecular formula is C20H19FN4OS. The highest BCUT2D eigenvalue weighted by Crippen LogP contribution is 2.53. The maximum absolute atomic E-state index is 13.5. The topological polar surface area (TPSA) is 83.8 Å². The summed E-state index contributed by atoms with van der Waals surface area (Å²) in [6.45, 7) is 4.22. The van der Waals surface area contributed by atoms with Crippen LogP contribution in [0.15, 0.2) is 35.5 Å². The van der Waals surface area contributed by atoms with Crippen LogP contribution in [0.5, 0.6) is 0 Å². The fourth-order valence-corrected chi connectivity index (χ4v) is 5.44. The van der Waals surface area contributed by atoms with Crippen molar-refractivity contribution in [1.82, 2.24) is 10.2 Å². The molecule has 1 unspecified atom stereocenters. The molecule has 0 spiro atoms. The first-order chi connectivity index (χ1) is 12.8. The summed E-state index contributed by atoms with van der Waals surface area (Å²) < 4.78 is 14.4. The van der Waals surface area contributed by atoms with Crippen molar-refractivity contribution in [3.05, 3.63) is 52.5 Å². The normalized spacial score (nSPS) is 21.1. The second kappa shape index (κ2) is 5.42. The zero-order valence-electron chi connectivity index (χ0n) is 15.0. The highest BCUT2D eigenvalue weighted by atomic mass is 32.1. The number of hydrogen-bond donors (Lipinski definition) is 3. The third-order valence-electron chi connectivity index (χ3n) is 5.43. The van der Waals surface area contributed by atoms with Crippen molar-refractivity contribution < 1.29 is 9.18 Å². The Morgan fingerprint density at radius 2 is 2.00 bits per heavy atom. The Morgan fingerprint density at radius 3 is 2.74 bits per heavy atom. The van der Waals surface area contributed by atoms with Crippen molar-refractivity contribution in [3.8, 4) is 0 Å². The summed E-state index contributed by atoms with van der Waals surface area (Å²) in [5.41, 5.74) is 10.4. The number of nitrogens with one attached hydrogen (secondary N) is 2. The number of rotatable bonds is 1. The van der Waals surface area contributed by atoms with Gasteiger partial charge in [0.2, 0.25) is 0 Å². The van der Waals surface area contributed by atoms with Gasteiger partial charge >= 0.3 is 0 Å². The third-order valence-corrected chi connectivity index (χ3v) is 6.57. The Kier molecular flexibility index (Phi) is 3.31. The van der Waals surface area contributed by atoms with Crippen LogP contribution in [0.1, 0.15) is 43.7 Å². The Hall–Kier alpha value is -2.67. The van der Waals surface area contributed by atoms with Gasteiger partial charge in [0.1, 0.15) is 5.82 Å². The van der Waals surface area contributed by atoms with Gasteiger partial charge in [0, 0.05) is 29.2 Å². The van der Waals surface area contributed by atoms with E-state index in [2.05, 4.69) is 29.4 Å². The molecule has 0 amide bonds. The van der Waals surface area contributed by atoms with Crippen molar-refractivity contribution in [2.24, 2.45) is 5.41 Å². The van der Waals surface area contributed by atoms with Crippen molar-refractivity contribution >= 4 is 38.2 Å². The summed E-state index contributed by atoms with van der Waals surface area (Å²) in [5.74, 6) is 0.0442. The molecule has 4 N–H and O–H groups in total. The second-order valence-corrected chi connectivity index (χ2v) is 9.12. The summed E-state index contributed by atoms with van der Waals surface area (Å²) in [6.07, 6.45) is 1.30. The van der Waals surface area contributed by atoms with Gasteiger partial charge in [-0.15, -0.1) is 11.3 Å². The van der Waals surface area contributed by atoms with Crippen LogP contribution in [0.4, 0.5) is 15.2 Å². The van der Waals surface area contributed by atoms with E-state index in [-0.39, 0.29) is 22.9 Å². The average molecular weight is 382 g/mol. The molecule has 138 valence electrons. The Labute approximate surface area is 159 Å². The maximum Gasteiger partial charge on any atom is 0.163 e. The van der Waals surface area contributed by atoms with Crippen LogP contribution in [0.3, 0.4) is 0 Å². The largest absolute Gasteiger partial charge is 0.381 e. The predicted octanol–water partition coefficient (Wildman–Crippen LogP) is 4.55. The molecular weight excluding hydrogens is 363 g/mol. The number of aromatic amines is 1. The number of Topliss-reactive ketones (excluding diaryl/α,β-unsaturated/α-hetero) is 1. The smallest absolute Gasteiger partial charge is 0.163 e. The minimum Gasteiger partial charge on any atom is -0.381 e. The number of hydrogen-bond acceptors (Lipinski definition) is 5. The van der Waals surface area contributed by atoms with E-state index in [1.165, 1.54) is 12.1 Å². The SMILES string of the molecule is CC1(C)CC(=O)C2=C(C1)Nc1sc3c(N)n[nH]c3c1C2c1ccc(F)cc1. The molecule has 7 heteroatoms. The standard InChI is InChI=1S/C20H19FN4OS/c1-20(2)7-11-14(12(26)8-20)13(9-3-5-10(21)6-4-9)15-16-17(18(22)25-24-16)27-19(15)23-11/h3-6,13,23H,7-8H2,1-2H3,(H3,22,24,25). The van der Waals surface area contributed by atoms with Crippen molar-refractivity contribution in [3.63, 3.8) is 0 Å². The molecule has 0 saturated heterocycles. The van der Waals surface area contributed by atoms with E-state index in [0.29, 0.717) is 12.2 Å². The number of nitrogens with zero attached hydrogens (tertiary/aromatic N) is 1. The lowest BCUT2D eigenvalue weighted by Crippen LogP contribution is -2.33. The quantitative estimate of drug-likeness (QED) is 0.577. The zero-order chi connectivity index (χ0) is 18.9. The second-order valence-electron chi connectivity index (χ2n) is 8.10. The average Bonchev–Trinajstić information content (AvgIpc) is 3.12. The Bertz CT molecular complexity index is 1120. The van der Waals surface area contributed by atoms with E-state index in [0.717, 1.165) is 44.0 Å². The van der Waals surface area contributed by atoms with Gasteiger partial charge in [-0.05, 0) is 29.5 Å². The molecule has 3 aromatic rings. The number of anilines is 2. The zero-order valence-corrected chi connectivity index (χ0v) is 15.8. The summed E-state index contributed by atoms with van der Waals surface area (Å²) in [4.78, 5) is 13.1. The number of fused-ring (bicyclic) bond motifs is 3. The van der Waals surface area contributed by atoms with Gasteiger partial charge in [0.05, 0.1) is 15.2 Å². The molecule has 0 saturated carbocycles. The predicted molar refractivity (Wildman–Crippen MR) is 105 cm³/mol. The first-order valence-corrected chi connectivity index (χ1v) is 9.71. The number of carbonyl (C=O) groups is 1. The van der Waals surface area contributed by atoms with E-state index in [9.17, 15) is 9.18 Å².